The molecule has 0 aliphatic heterocycles. The Hall–Kier alpha value is -2.17. The molecule has 0 aromatic carbocycles. The first-order valence-electron chi connectivity index (χ1n) is 5.79. The lowest BCUT2D eigenvalue weighted by atomic mass is 10.1. The number of pyridine rings is 2. The Morgan fingerprint density at radius 3 is 2.50 bits per heavy atom. The molecule has 3 rings (SSSR count). The van der Waals surface area contributed by atoms with Crippen molar-refractivity contribution in [3.63, 3.8) is 0 Å². The number of aryl methyl sites for hydroxylation is 4. The molecular formula is C13H14N4O. The summed E-state index contributed by atoms with van der Waals surface area (Å²) in [5.41, 5.74) is 4.20. The molecule has 0 unspecified atom stereocenters. The molecule has 0 saturated carbocycles. The summed E-state index contributed by atoms with van der Waals surface area (Å²) in [6, 6.07) is 4.01. The van der Waals surface area contributed by atoms with Gasteiger partial charge in [-0.05, 0) is 31.5 Å². The Morgan fingerprint density at radius 1 is 1.06 bits per heavy atom. The number of rotatable bonds is 0. The minimum atomic E-state index is -0.0674. The van der Waals surface area contributed by atoms with Gasteiger partial charge in [-0.3, -0.25) is 9.13 Å². The Balaban J connectivity index is 2.60. The number of hydrogen-bond acceptors (Lipinski definition) is 3. The highest BCUT2D eigenvalue weighted by atomic mass is 16.1. The van der Waals surface area contributed by atoms with Crippen LogP contribution in [0.1, 0.15) is 11.3 Å². The Morgan fingerprint density at radius 2 is 1.78 bits per heavy atom. The van der Waals surface area contributed by atoms with Gasteiger partial charge in [-0.25, -0.2) is 14.8 Å². The van der Waals surface area contributed by atoms with Gasteiger partial charge in [-0.2, -0.15) is 0 Å². The van der Waals surface area contributed by atoms with E-state index < -0.39 is 0 Å². The summed E-state index contributed by atoms with van der Waals surface area (Å²) in [5.74, 6) is 0. The van der Waals surface area contributed by atoms with Crippen LogP contribution < -0.4 is 5.69 Å². The molecule has 3 aromatic heterocycles. The average molecular weight is 242 g/mol. The monoisotopic (exact) mass is 242 g/mol. The van der Waals surface area contributed by atoms with Crippen LogP contribution in [-0.2, 0) is 14.1 Å². The van der Waals surface area contributed by atoms with Crippen molar-refractivity contribution < 1.29 is 0 Å². The number of imidazole rings is 1. The van der Waals surface area contributed by atoms with Gasteiger partial charge >= 0.3 is 5.69 Å². The van der Waals surface area contributed by atoms with Crippen LogP contribution in [0.4, 0.5) is 0 Å². The minimum Gasteiger partial charge on any atom is -0.293 e. The van der Waals surface area contributed by atoms with Crippen molar-refractivity contribution in [3.05, 3.63) is 33.9 Å². The Kier molecular flexibility index (Phi) is 2.08. The highest BCUT2D eigenvalue weighted by molar-refractivity contribution is 5.89. The zero-order valence-corrected chi connectivity index (χ0v) is 10.9. The lowest BCUT2D eigenvalue weighted by molar-refractivity contribution is 0.791. The highest BCUT2D eigenvalue weighted by Gasteiger charge is 2.12. The standard InChI is InChI=1S/C13H14N4O/c1-7-5-8(2)14-11-9(7)6-10-12(15-11)17(4)13(18)16(10)3/h5-6H,1-4H3. The summed E-state index contributed by atoms with van der Waals surface area (Å²) in [5, 5.41) is 0.995. The predicted octanol–water partition coefficient (Wildman–Crippen LogP) is 1.44. The van der Waals surface area contributed by atoms with Gasteiger partial charge in [0.25, 0.3) is 0 Å². The first kappa shape index (κ1) is 11.0. The maximum atomic E-state index is 11.9. The first-order chi connectivity index (χ1) is 8.49. The normalized spacial score (nSPS) is 11.6. The summed E-state index contributed by atoms with van der Waals surface area (Å²) in [6.07, 6.45) is 0. The number of hydrogen-bond donors (Lipinski definition) is 0. The molecule has 92 valence electrons. The molecule has 18 heavy (non-hydrogen) atoms. The number of fused-ring (bicyclic) bond motifs is 2. The van der Waals surface area contributed by atoms with Crippen molar-refractivity contribution in [1.82, 2.24) is 19.1 Å². The summed E-state index contributed by atoms with van der Waals surface area (Å²) >= 11 is 0. The quantitative estimate of drug-likeness (QED) is 0.599. The molecule has 0 N–H and O–H groups in total. The van der Waals surface area contributed by atoms with Crippen LogP contribution >= 0.6 is 0 Å². The fraction of sp³-hybridized carbons (Fsp3) is 0.308. The second-order valence-electron chi connectivity index (χ2n) is 4.68. The van der Waals surface area contributed by atoms with Crippen molar-refractivity contribution in [2.75, 3.05) is 0 Å². The molecule has 0 saturated heterocycles. The van der Waals surface area contributed by atoms with Crippen molar-refractivity contribution in [3.8, 4) is 0 Å². The SMILES string of the molecule is Cc1cc(C)c2cc3c(nc2n1)n(C)c(=O)n3C. The van der Waals surface area contributed by atoms with E-state index in [-0.39, 0.29) is 5.69 Å². The van der Waals surface area contributed by atoms with Gasteiger partial charge in [0.15, 0.2) is 11.3 Å². The molecule has 0 atom stereocenters. The lowest BCUT2D eigenvalue weighted by Crippen LogP contribution is -2.19. The van der Waals surface area contributed by atoms with Gasteiger partial charge in [0, 0.05) is 25.2 Å². The fourth-order valence-corrected chi connectivity index (χ4v) is 2.36. The predicted molar refractivity (Wildman–Crippen MR) is 70.7 cm³/mol. The molecule has 0 aliphatic carbocycles. The first-order valence-corrected chi connectivity index (χ1v) is 5.79. The molecule has 0 aliphatic rings. The molecular weight excluding hydrogens is 228 g/mol. The van der Waals surface area contributed by atoms with Crippen molar-refractivity contribution >= 4 is 22.2 Å². The maximum absolute atomic E-state index is 11.9. The summed E-state index contributed by atoms with van der Waals surface area (Å²) < 4.78 is 3.16. The lowest BCUT2D eigenvalue weighted by Gasteiger charge is -2.04. The van der Waals surface area contributed by atoms with Crippen LogP contribution in [0.3, 0.4) is 0 Å². The molecule has 3 aromatic rings. The topological polar surface area (TPSA) is 52.7 Å². The Labute approximate surface area is 104 Å². The van der Waals surface area contributed by atoms with E-state index in [1.807, 2.05) is 26.0 Å². The molecule has 0 spiro atoms. The summed E-state index contributed by atoms with van der Waals surface area (Å²) in [7, 11) is 3.49. The van der Waals surface area contributed by atoms with Crippen LogP contribution in [0.25, 0.3) is 22.2 Å². The van der Waals surface area contributed by atoms with Gasteiger partial charge in [0.05, 0.1) is 5.52 Å². The van der Waals surface area contributed by atoms with E-state index in [0.717, 1.165) is 22.2 Å². The molecule has 5 nitrogen and oxygen atoms in total. The molecule has 0 bridgehead atoms. The maximum Gasteiger partial charge on any atom is 0.329 e. The van der Waals surface area contributed by atoms with E-state index in [1.54, 1.807) is 23.2 Å². The van der Waals surface area contributed by atoms with Crippen molar-refractivity contribution in [2.24, 2.45) is 14.1 Å². The third kappa shape index (κ3) is 1.30. The second kappa shape index (κ2) is 3.41. The summed E-state index contributed by atoms with van der Waals surface area (Å²) in [4.78, 5) is 20.8. The molecule has 0 fully saturated rings. The Bertz CT molecular complexity index is 842. The van der Waals surface area contributed by atoms with E-state index in [2.05, 4.69) is 9.97 Å². The van der Waals surface area contributed by atoms with Gasteiger partial charge < -0.3 is 0 Å². The molecule has 3 heterocycles. The molecule has 0 amide bonds. The van der Waals surface area contributed by atoms with Crippen LogP contribution in [0.5, 0.6) is 0 Å². The fourth-order valence-electron chi connectivity index (χ4n) is 2.36. The van der Waals surface area contributed by atoms with Gasteiger partial charge in [-0.15, -0.1) is 0 Å². The smallest absolute Gasteiger partial charge is 0.293 e. The largest absolute Gasteiger partial charge is 0.329 e. The highest BCUT2D eigenvalue weighted by Crippen LogP contribution is 2.20. The van der Waals surface area contributed by atoms with Crippen LogP contribution in [0.2, 0.25) is 0 Å². The van der Waals surface area contributed by atoms with E-state index >= 15 is 0 Å². The molecule has 0 radical (unpaired) electrons. The molecule has 5 heteroatoms. The van der Waals surface area contributed by atoms with Crippen LogP contribution in [0.15, 0.2) is 16.9 Å². The summed E-state index contributed by atoms with van der Waals surface area (Å²) in [6.45, 7) is 3.98. The van der Waals surface area contributed by atoms with Gasteiger partial charge in [0.2, 0.25) is 0 Å². The van der Waals surface area contributed by atoms with Gasteiger partial charge in [0.1, 0.15) is 0 Å². The van der Waals surface area contributed by atoms with Crippen molar-refractivity contribution in [2.45, 2.75) is 13.8 Å². The zero-order chi connectivity index (χ0) is 13.0. The number of nitrogens with zero attached hydrogens (tertiary/aromatic N) is 4. The average Bonchev–Trinajstić information content (AvgIpc) is 2.53. The van der Waals surface area contributed by atoms with E-state index in [9.17, 15) is 4.79 Å². The van der Waals surface area contributed by atoms with Crippen LogP contribution in [-0.4, -0.2) is 19.1 Å². The van der Waals surface area contributed by atoms with Gasteiger partial charge in [-0.1, -0.05) is 0 Å². The number of aromatic nitrogens is 4. The third-order valence-corrected chi connectivity index (χ3v) is 3.35. The third-order valence-electron chi connectivity index (χ3n) is 3.35. The van der Waals surface area contributed by atoms with Crippen LogP contribution in [0, 0.1) is 13.8 Å². The van der Waals surface area contributed by atoms with E-state index in [1.165, 1.54) is 0 Å². The van der Waals surface area contributed by atoms with E-state index in [4.69, 9.17) is 0 Å². The second-order valence-corrected chi connectivity index (χ2v) is 4.68. The zero-order valence-electron chi connectivity index (χ0n) is 10.9. The minimum absolute atomic E-state index is 0.0674. The van der Waals surface area contributed by atoms with Crippen molar-refractivity contribution in [1.29, 1.82) is 0 Å². The van der Waals surface area contributed by atoms with E-state index in [0.29, 0.717) is 11.3 Å².